The van der Waals surface area contributed by atoms with Crippen molar-refractivity contribution in [2.45, 2.75) is 12.2 Å². The zero-order valence-electron chi connectivity index (χ0n) is 15.2. The van der Waals surface area contributed by atoms with Gasteiger partial charge in [-0.2, -0.15) is 13.2 Å². The number of hydrogen-bond donors (Lipinski definition) is 0. The van der Waals surface area contributed by atoms with E-state index in [1.165, 1.54) is 30.3 Å². The van der Waals surface area contributed by atoms with Crippen LogP contribution in [0.3, 0.4) is 0 Å². The van der Waals surface area contributed by atoms with Crippen LogP contribution in [0.25, 0.3) is 6.08 Å². The predicted octanol–water partition coefficient (Wildman–Crippen LogP) is 4.44. The number of benzene rings is 2. The average Bonchev–Trinajstić information content (AvgIpc) is 2.88. The molecule has 3 rings (SSSR count). The third-order valence-electron chi connectivity index (χ3n) is 3.74. The summed E-state index contributed by atoms with van der Waals surface area (Å²) in [6.45, 7) is -2.48. The van der Waals surface area contributed by atoms with E-state index in [-0.39, 0.29) is 5.56 Å². The van der Waals surface area contributed by atoms with Gasteiger partial charge in [0.05, 0.1) is 8.30 Å². The van der Waals surface area contributed by atoms with Gasteiger partial charge in [0.15, 0.2) is 0 Å². The Balaban J connectivity index is 1.94. The van der Waals surface area contributed by atoms with Crippen molar-refractivity contribution in [3.63, 3.8) is 0 Å². The van der Waals surface area contributed by atoms with Crippen molar-refractivity contribution < 1.29 is 30.2 Å². The van der Waals surface area contributed by atoms with Gasteiger partial charge >= 0.3 is 12.3 Å². The van der Waals surface area contributed by atoms with Crippen LogP contribution in [-0.4, -0.2) is 23.5 Å². The van der Waals surface area contributed by atoms with E-state index in [1.54, 1.807) is 18.2 Å². The Morgan fingerprint density at radius 1 is 1.15 bits per heavy atom. The fourth-order valence-electron chi connectivity index (χ4n) is 2.53. The van der Waals surface area contributed by atoms with Gasteiger partial charge < -0.3 is 4.74 Å². The molecule has 0 bridgehead atoms. The summed E-state index contributed by atoms with van der Waals surface area (Å²) in [5, 5.41) is 0. The highest BCUT2D eigenvalue weighted by molar-refractivity contribution is 6.02. The van der Waals surface area contributed by atoms with Crippen molar-refractivity contribution >= 4 is 18.1 Å². The van der Waals surface area contributed by atoms with Gasteiger partial charge in [-0.25, -0.2) is 9.69 Å². The summed E-state index contributed by atoms with van der Waals surface area (Å²) in [6, 6.07) is 11.2. The number of hydrogen-bond acceptors (Lipinski definition) is 3. The molecule has 134 valence electrons. The lowest BCUT2D eigenvalue weighted by Gasteiger charge is -2.18. The van der Waals surface area contributed by atoms with Gasteiger partial charge in [-0.05, 0) is 23.3 Å². The highest BCUT2D eigenvalue weighted by atomic mass is 19.4. The van der Waals surface area contributed by atoms with Crippen LogP contribution in [-0.2, 0) is 15.7 Å². The van der Waals surface area contributed by atoms with Crippen LogP contribution in [0.15, 0.2) is 60.7 Å². The Hall–Kier alpha value is -3.09. The molecular formula is C19H14F3NO3. The number of imide groups is 1. The number of carbonyl (C=O) groups is 2. The lowest BCUT2D eigenvalue weighted by atomic mass is 10.1. The maximum absolute atomic E-state index is 13.1. The van der Waals surface area contributed by atoms with Gasteiger partial charge in [0.2, 0.25) is 0 Å². The normalized spacial score (nSPS) is 20.7. The Morgan fingerprint density at radius 2 is 1.81 bits per heavy atom. The molecule has 0 aliphatic carbocycles. The molecule has 0 radical (unpaired) electrons. The van der Waals surface area contributed by atoms with Gasteiger partial charge in [-0.1, -0.05) is 48.5 Å². The van der Waals surface area contributed by atoms with Crippen LogP contribution < -0.4 is 0 Å². The quantitative estimate of drug-likeness (QED) is 0.758. The van der Waals surface area contributed by atoms with E-state index < -0.39 is 36.3 Å². The number of nitrogens with zero attached hydrogens (tertiary/aromatic N) is 1. The lowest BCUT2D eigenvalue weighted by molar-refractivity contribution is -0.137. The van der Waals surface area contributed by atoms with Gasteiger partial charge in [0.1, 0.15) is 12.6 Å². The summed E-state index contributed by atoms with van der Waals surface area (Å²) < 4.78 is 59.7. The molecule has 4 nitrogen and oxygen atoms in total. The molecule has 1 heterocycles. The summed E-state index contributed by atoms with van der Waals surface area (Å²) in [6.07, 6.45) is -4.09. The molecule has 0 saturated carbocycles. The fraction of sp³-hybridized carbons (Fsp3) is 0.158. The Morgan fingerprint density at radius 3 is 2.50 bits per heavy atom. The number of halogens is 3. The van der Waals surface area contributed by atoms with Crippen molar-refractivity contribution in [3.05, 3.63) is 77.4 Å². The molecule has 7 heteroatoms. The third kappa shape index (κ3) is 3.61. The number of rotatable bonds is 3. The summed E-state index contributed by atoms with van der Waals surface area (Å²) in [7, 11) is 0. The van der Waals surface area contributed by atoms with Crippen molar-refractivity contribution in [1.82, 2.24) is 4.90 Å². The highest BCUT2D eigenvalue weighted by Gasteiger charge is 2.38. The predicted molar refractivity (Wildman–Crippen MR) is 87.9 cm³/mol. The van der Waals surface area contributed by atoms with E-state index in [0.29, 0.717) is 10.5 Å². The molecule has 0 aromatic heterocycles. The molecule has 1 fully saturated rings. The Bertz CT molecular complexity index is 930. The van der Waals surface area contributed by atoms with Crippen LogP contribution in [0.1, 0.15) is 25.5 Å². The molecule has 26 heavy (non-hydrogen) atoms. The third-order valence-corrected chi connectivity index (χ3v) is 3.74. The molecular weight excluding hydrogens is 347 g/mol. The molecule has 0 spiro atoms. The minimum Gasteiger partial charge on any atom is -0.446 e. The second-order valence-corrected chi connectivity index (χ2v) is 5.43. The van der Waals surface area contributed by atoms with Crippen LogP contribution in [0, 0.1) is 0 Å². The minimum absolute atomic E-state index is 0.254. The van der Waals surface area contributed by atoms with Crippen LogP contribution >= 0.6 is 0 Å². The largest absolute Gasteiger partial charge is 0.446 e. The van der Waals surface area contributed by atoms with Crippen LogP contribution in [0.4, 0.5) is 18.0 Å². The first-order valence-corrected chi connectivity index (χ1v) is 7.56. The van der Waals surface area contributed by atoms with Gasteiger partial charge in [-0.15, -0.1) is 0 Å². The molecule has 1 saturated heterocycles. The highest BCUT2D eigenvalue weighted by Crippen LogP contribution is 2.33. The van der Waals surface area contributed by atoms with Crippen molar-refractivity contribution in [2.24, 2.45) is 0 Å². The number of alkyl halides is 3. The van der Waals surface area contributed by atoms with Crippen LogP contribution in [0.2, 0.25) is 0 Å². The Labute approximate surface area is 150 Å². The smallest absolute Gasteiger partial charge is 0.417 e. The molecule has 1 unspecified atom stereocenters. The zero-order chi connectivity index (χ0) is 20.5. The molecule has 1 aliphatic heterocycles. The number of ether oxygens (including phenoxy) is 1. The first-order chi connectivity index (χ1) is 13.1. The van der Waals surface area contributed by atoms with Crippen molar-refractivity contribution in [2.75, 3.05) is 6.56 Å². The van der Waals surface area contributed by atoms with E-state index in [1.807, 2.05) is 0 Å². The zero-order valence-corrected chi connectivity index (χ0v) is 13.2. The molecule has 0 N–H and O–H groups in total. The van der Waals surface area contributed by atoms with E-state index in [4.69, 9.17) is 2.74 Å². The fourth-order valence-corrected chi connectivity index (χ4v) is 2.53. The van der Waals surface area contributed by atoms with Crippen molar-refractivity contribution in [3.8, 4) is 0 Å². The van der Waals surface area contributed by atoms with E-state index in [9.17, 15) is 22.8 Å². The molecule has 1 aliphatic rings. The van der Waals surface area contributed by atoms with Gasteiger partial charge in [-0.3, -0.25) is 4.79 Å². The monoisotopic (exact) mass is 363 g/mol. The SMILES string of the molecule is [2H]C1([2H])OC(=O)N(C(=O)C=Cc2ccccc2C(F)(F)F)C1c1ccccc1. The van der Waals surface area contributed by atoms with E-state index in [0.717, 1.165) is 18.2 Å². The Kier molecular flexibility index (Phi) is 4.11. The topological polar surface area (TPSA) is 46.6 Å². The second kappa shape index (κ2) is 7.03. The second-order valence-electron chi connectivity index (χ2n) is 5.43. The molecule has 2 amide bonds. The summed E-state index contributed by atoms with van der Waals surface area (Å²) in [4.78, 5) is 25.2. The van der Waals surface area contributed by atoms with E-state index >= 15 is 0 Å². The summed E-state index contributed by atoms with van der Waals surface area (Å²) in [5.74, 6) is -0.989. The number of cyclic esters (lactones) is 1. The summed E-state index contributed by atoms with van der Waals surface area (Å²) >= 11 is 0. The van der Waals surface area contributed by atoms with Gasteiger partial charge in [0.25, 0.3) is 5.91 Å². The number of carbonyl (C=O) groups excluding carboxylic acids is 2. The van der Waals surface area contributed by atoms with Crippen molar-refractivity contribution in [1.29, 1.82) is 0 Å². The average molecular weight is 363 g/mol. The van der Waals surface area contributed by atoms with E-state index in [2.05, 4.69) is 4.74 Å². The maximum atomic E-state index is 13.1. The van der Waals surface area contributed by atoms with Gasteiger partial charge in [0, 0.05) is 6.08 Å². The molecule has 2 aromatic carbocycles. The number of amides is 2. The molecule has 1 atom stereocenters. The first-order valence-electron chi connectivity index (χ1n) is 8.56. The summed E-state index contributed by atoms with van der Waals surface area (Å²) in [5.41, 5.74) is -0.871. The minimum atomic E-state index is -4.61. The van der Waals surface area contributed by atoms with Crippen LogP contribution in [0.5, 0.6) is 0 Å². The standard InChI is InChI=1S/C19H14F3NO3/c20-19(21,22)15-9-5-4-6-13(15)10-11-17(24)23-16(12-26-18(23)25)14-7-2-1-3-8-14/h1-11,16H,12H2/i12D2. The molecule has 2 aromatic rings. The lowest BCUT2D eigenvalue weighted by Crippen LogP contribution is -2.32. The maximum Gasteiger partial charge on any atom is 0.417 e. The first kappa shape index (κ1) is 15.2.